The van der Waals surface area contributed by atoms with Crippen molar-refractivity contribution in [1.29, 1.82) is 0 Å². The minimum atomic E-state index is -0.526. The summed E-state index contributed by atoms with van der Waals surface area (Å²) in [6.07, 6.45) is 5.77. The van der Waals surface area contributed by atoms with E-state index in [0.29, 0.717) is 29.3 Å². The van der Waals surface area contributed by atoms with Crippen molar-refractivity contribution in [3.8, 4) is 5.75 Å². The second-order valence-electron chi connectivity index (χ2n) is 9.39. The van der Waals surface area contributed by atoms with Crippen molar-refractivity contribution in [3.05, 3.63) is 69.3 Å². The molecule has 2 fully saturated rings. The van der Waals surface area contributed by atoms with Gasteiger partial charge in [0, 0.05) is 24.0 Å². The van der Waals surface area contributed by atoms with Gasteiger partial charge in [0.2, 0.25) is 0 Å². The van der Waals surface area contributed by atoms with Crippen molar-refractivity contribution in [2.45, 2.75) is 51.4 Å². The van der Waals surface area contributed by atoms with Gasteiger partial charge in [-0.2, -0.15) is 0 Å². The predicted octanol–water partition coefficient (Wildman–Crippen LogP) is 5.24. The van der Waals surface area contributed by atoms with Gasteiger partial charge in [-0.05, 0) is 85.3 Å². The van der Waals surface area contributed by atoms with Crippen molar-refractivity contribution in [1.82, 2.24) is 0 Å². The van der Waals surface area contributed by atoms with Crippen LogP contribution >= 0.6 is 0 Å². The first-order chi connectivity index (χ1) is 14.9. The number of esters is 1. The number of non-ortho nitro benzene ring substituents is 1. The fourth-order valence-corrected chi connectivity index (χ4v) is 6.28. The molecule has 2 saturated carbocycles. The molecule has 0 spiro atoms. The van der Waals surface area contributed by atoms with Crippen LogP contribution in [0.2, 0.25) is 0 Å². The Morgan fingerprint density at radius 2 is 1.87 bits per heavy atom. The van der Waals surface area contributed by atoms with Crippen LogP contribution in [0.4, 0.5) is 5.69 Å². The molecule has 0 aliphatic heterocycles. The number of ether oxygens (including phenoxy) is 1. The highest BCUT2D eigenvalue weighted by Crippen LogP contribution is 2.59. The van der Waals surface area contributed by atoms with Crippen LogP contribution in [0.15, 0.2) is 42.5 Å². The summed E-state index contributed by atoms with van der Waals surface area (Å²) in [6.45, 7) is 2.18. The summed E-state index contributed by atoms with van der Waals surface area (Å²) in [7, 11) is 0. The smallest absolute Gasteiger partial charge is 0.343 e. The highest BCUT2D eigenvalue weighted by molar-refractivity contribution is 5.91. The van der Waals surface area contributed by atoms with Crippen molar-refractivity contribution < 1.29 is 19.2 Å². The number of carbonyl (C=O) groups excluding carboxylic acids is 2. The van der Waals surface area contributed by atoms with Crippen LogP contribution in [-0.2, 0) is 11.2 Å². The summed E-state index contributed by atoms with van der Waals surface area (Å²) in [5.41, 5.74) is 2.66. The maximum atomic E-state index is 12.5. The first-order valence-electron chi connectivity index (χ1n) is 11.0. The highest BCUT2D eigenvalue weighted by atomic mass is 16.6. The summed E-state index contributed by atoms with van der Waals surface area (Å²) in [5, 5.41) is 10.8. The van der Waals surface area contributed by atoms with E-state index in [1.807, 2.05) is 12.1 Å². The topological polar surface area (TPSA) is 86.5 Å². The van der Waals surface area contributed by atoms with Gasteiger partial charge >= 0.3 is 5.97 Å². The van der Waals surface area contributed by atoms with Gasteiger partial charge in [0.1, 0.15) is 11.5 Å². The Hall–Kier alpha value is -3.02. The third-order valence-corrected chi connectivity index (χ3v) is 7.93. The Balaban J connectivity index is 1.34. The third kappa shape index (κ3) is 3.25. The summed E-state index contributed by atoms with van der Waals surface area (Å²) in [5.74, 6) is 1.96. The van der Waals surface area contributed by atoms with E-state index >= 15 is 0 Å². The molecule has 160 valence electrons. The summed E-state index contributed by atoms with van der Waals surface area (Å²) in [4.78, 5) is 35.2. The molecule has 6 heteroatoms. The van der Waals surface area contributed by atoms with Crippen LogP contribution < -0.4 is 4.74 Å². The lowest BCUT2D eigenvalue weighted by Crippen LogP contribution is -2.42. The molecule has 0 saturated heterocycles. The minimum absolute atomic E-state index is 0.0626. The van der Waals surface area contributed by atoms with E-state index in [2.05, 4.69) is 13.0 Å². The van der Waals surface area contributed by atoms with E-state index < -0.39 is 10.9 Å². The zero-order valence-electron chi connectivity index (χ0n) is 17.5. The van der Waals surface area contributed by atoms with Crippen molar-refractivity contribution in [2.24, 2.45) is 17.3 Å². The normalized spacial score (nSPS) is 28.9. The first-order valence-corrected chi connectivity index (χ1v) is 11.0. The number of nitrogens with zero attached hydrogens (tertiary/aromatic N) is 1. The van der Waals surface area contributed by atoms with E-state index in [1.165, 1.54) is 35.4 Å². The fraction of sp³-hybridized carbons (Fsp3) is 0.440. The number of Topliss-reactive ketones (excluding diaryl/α,β-unsaturated/α-hetero) is 1. The molecule has 0 heterocycles. The van der Waals surface area contributed by atoms with Crippen LogP contribution in [0.25, 0.3) is 0 Å². The maximum Gasteiger partial charge on any atom is 0.343 e. The summed E-state index contributed by atoms with van der Waals surface area (Å²) < 4.78 is 5.55. The number of hydrogen-bond acceptors (Lipinski definition) is 5. The van der Waals surface area contributed by atoms with Gasteiger partial charge in [0.25, 0.3) is 5.69 Å². The number of carbonyl (C=O) groups is 2. The second-order valence-corrected chi connectivity index (χ2v) is 9.39. The molecule has 3 aliphatic rings. The molecule has 0 unspecified atom stereocenters. The summed E-state index contributed by atoms with van der Waals surface area (Å²) >= 11 is 0. The quantitative estimate of drug-likeness (QED) is 0.294. The number of nitro groups is 1. The highest BCUT2D eigenvalue weighted by Gasteiger charge is 2.54. The van der Waals surface area contributed by atoms with E-state index in [1.54, 1.807) is 0 Å². The van der Waals surface area contributed by atoms with Crippen LogP contribution in [0.3, 0.4) is 0 Å². The lowest BCUT2D eigenvalue weighted by atomic mass is 9.55. The molecule has 6 nitrogen and oxygen atoms in total. The number of rotatable bonds is 3. The molecule has 0 aromatic heterocycles. The molecular weight excluding hydrogens is 394 g/mol. The van der Waals surface area contributed by atoms with Gasteiger partial charge in [-0.15, -0.1) is 0 Å². The molecule has 0 N–H and O–H groups in total. The molecule has 2 aromatic rings. The van der Waals surface area contributed by atoms with Crippen molar-refractivity contribution >= 4 is 17.4 Å². The number of ketones is 1. The molecule has 4 atom stereocenters. The average molecular weight is 419 g/mol. The lowest BCUT2D eigenvalue weighted by molar-refractivity contribution is -0.384. The average Bonchev–Trinajstić information content (AvgIpc) is 3.08. The van der Waals surface area contributed by atoms with E-state index in [9.17, 15) is 19.7 Å². The predicted molar refractivity (Wildman–Crippen MR) is 114 cm³/mol. The number of nitro benzene ring substituents is 1. The van der Waals surface area contributed by atoms with E-state index in [4.69, 9.17) is 4.74 Å². The molecule has 0 radical (unpaired) electrons. The molecule has 0 bridgehead atoms. The SMILES string of the molecule is C[C@@]12CC[C@@H]3c4ccc(OC(=O)c5ccc([N+](=O)[O-])cc5)cc4CC[C@@H]3[C@@H]1CCC2=O. The van der Waals surface area contributed by atoms with Crippen LogP contribution in [-0.4, -0.2) is 16.7 Å². The third-order valence-electron chi connectivity index (χ3n) is 7.93. The van der Waals surface area contributed by atoms with Gasteiger partial charge in [0.15, 0.2) is 0 Å². The number of benzene rings is 2. The maximum absolute atomic E-state index is 12.5. The molecule has 0 amide bonds. The molecule has 5 rings (SSSR count). The van der Waals surface area contributed by atoms with Crippen molar-refractivity contribution in [3.63, 3.8) is 0 Å². The van der Waals surface area contributed by atoms with Crippen molar-refractivity contribution in [2.75, 3.05) is 0 Å². The zero-order chi connectivity index (χ0) is 21.8. The largest absolute Gasteiger partial charge is 0.423 e. The van der Waals surface area contributed by atoms with E-state index in [-0.39, 0.29) is 16.7 Å². The molecule has 3 aliphatic carbocycles. The Morgan fingerprint density at radius 3 is 2.61 bits per heavy atom. The monoisotopic (exact) mass is 419 g/mol. The summed E-state index contributed by atoms with van der Waals surface area (Å²) in [6, 6.07) is 11.3. The van der Waals surface area contributed by atoms with Crippen LogP contribution in [0.5, 0.6) is 5.75 Å². The lowest BCUT2D eigenvalue weighted by Gasteiger charge is -2.48. The number of fused-ring (bicyclic) bond motifs is 5. The zero-order valence-corrected chi connectivity index (χ0v) is 17.5. The van der Waals surface area contributed by atoms with Gasteiger partial charge in [0.05, 0.1) is 10.5 Å². The second kappa shape index (κ2) is 7.29. The first kappa shape index (κ1) is 19.9. The van der Waals surface area contributed by atoms with Crippen LogP contribution in [0, 0.1) is 27.4 Å². The van der Waals surface area contributed by atoms with Gasteiger partial charge in [-0.3, -0.25) is 14.9 Å². The fourth-order valence-electron chi connectivity index (χ4n) is 6.28. The van der Waals surface area contributed by atoms with E-state index in [0.717, 1.165) is 38.5 Å². The van der Waals surface area contributed by atoms with Gasteiger partial charge < -0.3 is 4.74 Å². The molecule has 2 aromatic carbocycles. The van der Waals surface area contributed by atoms with Crippen LogP contribution in [0.1, 0.15) is 66.4 Å². The molecular formula is C25H25NO5. The standard InChI is InChI=1S/C25H25NO5/c1-25-13-12-20-19-9-7-18(31-24(28)15-2-5-17(6-3-15)26(29)30)14-16(19)4-8-21(20)22(25)10-11-23(25)27/h2-3,5-7,9,14,20-22H,4,8,10-13H2,1H3/t20-,21+,22+,25-/m1/s1. The number of aryl methyl sites for hydroxylation is 1. The van der Waals surface area contributed by atoms with Gasteiger partial charge in [-0.25, -0.2) is 4.79 Å². The molecule has 31 heavy (non-hydrogen) atoms. The Labute approximate surface area is 180 Å². The minimum Gasteiger partial charge on any atom is -0.423 e. The van der Waals surface area contributed by atoms with Gasteiger partial charge in [-0.1, -0.05) is 13.0 Å². The Morgan fingerprint density at radius 1 is 1.10 bits per heavy atom. The Kier molecular flexibility index (Phi) is 4.68. The number of hydrogen-bond donors (Lipinski definition) is 0. The Bertz CT molecular complexity index is 1080.